The highest BCUT2D eigenvalue weighted by Gasteiger charge is 2.20. The van der Waals surface area contributed by atoms with Crippen LogP contribution in [0.3, 0.4) is 0 Å². The second-order valence-electron chi connectivity index (χ2n) is 8.60. The molecule has 0 amide bonds. The van der Waals surface area contributed by atoms with Gasteiger partial charge >= 0.3 is 0 Å². The number of anilines is 1. The molecule has 0 saturated carbocycles. The summed E-state index contributed by atoms with van der Waals surface area (Å²) in [4.78, 5) is 32.3. The first-order valence-electron chi connectivity index (χ1n) is 11.9. The number of fused-ring (bicyclic) bond motifs is 2. The third kappa shape index (κ3) is 4.59. The van der Waals surface area contributed by atoms with Crippen molar-refractivity contribution in [1.29, 1.82) is 0 Å². The Balaban J connectivity index is 1.74. The van der Waals surface area contributed by atoms with Gasteiger partial charge in [0.2, 0.25) is 0 Å². The Labute approximate surface area is 218 Å². The molecule has 2 aromatic carbocycles. The maximum Gasteiger partial charge on any atom is 0.263 e. The molecule has 0 aliphatic heterocycles. The number of pyridine rings is 1. The lowest BCUT2D eigenvalue weighted by molar-refractivity contribution is 0.774. The molecule has 37 heavy (non-hydrogen) atoms. The van der Waals surface area contributed by atoms with Gasteiger partial charge in [0, 0.05) is 17.1 Å². The number of aromatic nitrogens is 4. The first kappa shape index (κ1) is 24.3. The minimum atomic E-state index is -0.256. The van der Waals surface area contributed by atoms with Crippen LogP contribution in [0.1, 0.15) is 38.1 Å². The van der Waals surface area contributed by atoms with Gasteiger partial charge in [0.1, 0.15) is 16.7 Å². The van der Waals surface area contributed by atoms with E-state index in [1.54, 1.807) is 10.1 Å². The number of allylic oxidation sites excluding steroid dienone is 4. The summed E-state index contributed by atoms with van der Waals surface area (Å²) < 4.78 is 1.78. The average Bonchev–Trinajstić information content (AvgIpc) is 3.41. The smallest absolute Gasteiger partial charge is 0.263 e. The molecule has 0 aliphatic rings. The van der Waals surface area contributed by atoms with Gasteiger partial charge in [-0.05, 0) is 68.3 Å². The van der Waals surface area contributed by atoms with Crippen LogP contribution in [0.25, 0.3) is 32.4 Å². The van der Waals surface area contributed by atoms with Crippen molar-refractivity contribution >= 4 is 50.6 Å². The van der Waals surface area contributed by atoms with Crippen molar-refractivity contribution in [2.45, 2.75) is 26.8 Å². The first-order valence-corrected chi connectivity index (χ1v) is 12.8. The first-order chi connectivity index (χ1) is 18.0. The van der Waals surface area contributed by atoms with Crippen LogP contribution >= 0.6 is 11.3 Å². The van der Waals surface area contributed by atoms with E-state index in [2.05, 4.69) is 38.0 Å². The highest BCUT2D eigenvalue weighted by molar-refractivity contribution is 7.16. The molecule has 5 aromatic rings. The molecule has 3 aromatic heterocycles. The van der Waals surface area contributed by atoms with Gasteiger partial charge in [0.25, 0.3) is 5.56 Å². The van der Waals surface area contributed by atoms with Gasteiger partial charge in [-0.25, -0.2) is 15.0 Å². The summed E-state index contributed by atoms with van der Waals surface area (Å²) in [5.74, 6) is 0.633. The second-order valence-corrected chi connectivity index (χ2v) is 9.43. The van der Waals surface area contributed by atoms with Crippen molar-refractivity contribution in [2.75, 3.05) is 5.32 Å². The number of rotatable bonds is 7. The minimum absolute atomic E-state index is 0.0959. The zero-order valence-electron chi connectivity index (χ0n) is 20.8. The number of thiazole rings is 1. The third-order valence-corrected chi connectivity index (χ3v) is 6.99. The predicted molar refractivity (Wildman–Crippen MR) is 154 cm³/mol. The molecule has 0 spiro atoms. The number of nitrogens with one attached hydrogen (secondary N) is 1. The number of nitrogens with zero attached hydrogens (tertiary/aromatic N) is 5. The number of para-hydroxylation sites is 1. The van der Waals surface area contributed by atoms with E-state index in [1.807, 2.05) is 81.5 Å². The Morgan fingerprint density at radius 3 is 2.70 bits per heavy atom. The summed E-state index contributed by atoms with van der Waals surface area (Å²) in [6.45, 7) is 9.49. The van der Waals surface area contributed by atoms with E-state index in [0.717, 1.165) is 38.4 Å². The van der Waals surface area contributed by atoms with E-state index in [-0.39, 0.29) is 11.6 Å². The van der Waals surface area contributed by atoms with E-state index in [4.69, 9.17) is 0 Å². The van der Waals surface area contributed by atoms with Gasteiger partial charge in [-0.15, -0.1) is 11.3 Å². The molecule has 1 atom stereocenters. The van der Waals surface area contributed by atoms with Gasteiger partial charge in [-0.3, -0.25) is 14.4 Å². The fourth-order valence-electron chi connectivity index (χ4n) is 4.45. The summed E-state index contributed by atoms with van der Waals surface area (Å²) in [7, 11) is 0. The third-order valence-electron chi connectivity index (χ3n) is 6.26. The van der Waals surface area contributed by atoms with E-state index in [1.165, 1.54) is 17.7 Å². The molecule has 0 radical (unpaired) electrons. The lowest BCUT2D eigenvalue weighted by Gasteiger charge is -2.22. The number of aliphatic imine (C=N–C) groups is 1. The Morgan fingerprint density at radius 1 is 1.14 bits per heavy atom. The molecule has 0 unspecified atom stereocenters. The van der Waals surface area contributed by atoms with Crippen LogP contribution in [0.15, 0.2) is 94.1 Å². The largest absolute Gasteiger partial charge is 0.360 e. The summed E-state index contributed by atoms with van der Waals surface area (Å²) in [6.07, 6.45) is 5.46. The molecule has 8 heteroatoms. The van der Waals surface area contributed by atoms with Gasteiger partial charge in [-0.2, -0.15) is 0 Å². The molecule has 0 bridgehead atoms. The molecule has 0 fully saturated rings. The van der Waals surface area contributed by atoms with Crippen molar-refractivity contribution in [3.63, 3.8) is 0 Å². The highest BCUT2D eigenvalue weighted by atomic mass is 32.1. The molecule has 3 heterocycles. The summed E-state index contributed by atoms with van der Waals surface area (Å²) >= 11 is 1.46. The zero-order chi connectivity index (χ0) is 25.9. The Morgan fingerprint density at radius 2 is 1.95 bits per heavy atom. The lowest BCUT2D eigenvalue weighted by Crippen LogP contribution is -2.26. The highest BCUT2D eigenvalue weighted by Crippen LogP contribution is 2.30. The maximum atomic E-state index is 14.3. The van der Waals surface area contributed by atoms with Crippen molar-refractivity contribution < 1.29 is 0 Å². The van der Waals surface area contributed by atoms with E-state index >= 15 is 0 Å². The van der Waals surface area contributed by atoms with Gasteiger partial charge < -0.3 is 5.32 Å². The van der Waals surface area contributed by atoms with Crippen molar-refractivity contribution in [3.8, 4) is 5.69 Å². The second kappa shape index (κ2) is 10.3. The normalized spacial score (nSPS) is 13.2. The van der Waals surface area contributed by atoms with Crippen LogP contribution in [0.4, 0.5) is 5.82 Å². The Hall–Kier alpha value is -4.43. The van der Waals surface area contributed by atoms with E-state index in [9.17, 15) is 4.79 Å². The van der Waals surface area contributed by atoms with E-state index in [0.29, 0.717) is 16.7 Å². The molecule has 5 rings (SSSR count). The number of hydrogen-bond acceptors (Lipinski definition) is 7. The molecule has 0 saturated heterocycles. The zero-order valence-corrected chi connectivity index (χ0v) is 21.7. The van der Waals surface area contributed by atoms with Gasteiger partial charge in [-0.1, -0.05) is 42.5 Å². The number of hydrogen-bond donors (Lipinski definition) is 1. The Bertz CT molecular complexity index is 1730. The molecular weight excluding hydrogens is 480 g/mol. The summed E-state index contributed by atoms with van der Waals surface area (Å²) in [6, 6.07) is 17.4. The maximum absolute atomic E-state index is 14.3. The summed E-state index contributed by atoms with van der Waals surface area (Å²) in [5, 5.41) is 4.97. The van der Waals surface area contributed by atoms with Crippen LogP contribution in [-0.4, -0.2) is 26.2 Å². The van der Waals surface area contributed by atoms with Crippen molar-refractivity contribution in [3.05, 3.63) is 106 Å². The number of benzene rings is 2. The van der Waals surface area contributed by atoms with E-state index < -0.39 is 0 Å². The molecule has 184 valence electrons. The SMILES string of the molecule is C=N/C(C)=C\C(=C/C)c1cccc2cc([C@H](C)Nc3ncnc4scnc34)n(-c3ccccc3)c(=O)c12. The molecule has 1 N–H and O–H groups in total. The molecule has 0 aliphatic carbocycles. The predicted octanol–water partition coefficient (Wildman–Crippen LogP) is 6.57. The minimum Gasteiger partial charge on any atom is -0.360 e. The Kier molecular flexibility index (Phi) is 6.74. The van der Waals surface area contributed by atoms with Gasteiger partial charge in [0.05, 0.1) is 16.9 Å². The van der Waals surface area contributed by atoms with Crippen LogP contribution < -0.4 is 10.9 Å². The van der Waals surface area contributed by atoms with Crippen LogP contribution in [0, 0.1) is 0 Å². The monoisotopic (exact) mass is 506 g/mol. The van der Waals surface area contributed by atoms with Crippen molar-refractivity contribution in [2.24, 2.45) is 4.99 Å². The van der Waals surface area contributed by atoms with Crippen molar-refractivity contribution in [1.82, 2.24) is 19.5 Å². The lowest BCUT2D eigenvalue weighted by atomic mass is 9.97. The van der Waals surface area contributed by atoms with Crippen LogP contribution in [0.2, 0.25) is 0 Å². The van der Waals surface area contributed by atoms with Gasteiger partial charge in [0.15, 0.2) is 5.82 Å². The van der Waals surface area contributed by atoms with Crippen LogP contribution in [-0.2, 0) is 0 Å². The molecular formula is C29H26N6OS. The quantitative estimate of drug-likeness (QED) is 0.199. The fourth-order valence-corrected chi connectivity index (χ4v) is 5.08. The average molecular weight is 507 g/mol. The fraction of sp³-hybridized carbons (Fsp3) is 0.138. The topological polar surface area (TPSA) is 85.1 Å². The molecule has 7 nitrogen and oxygen atoms in total. The standard InChI is InChI=1S/C29H26N6OS/c1-5-20(14-18(2)30-4)23-13-9-10-21-15-24(35(29(36)25(21)23)22-11-7-6-8-12-22)19(3)34-27-26-28(32-16-31-27)37-17-33-26/h5-17,19H,4H2,1-3H3,(H,31,32,34)/b18-14-,20-5+/t19-/m0/s1. The summed E-state index contributed by atoms with van der Waals surface area (Å²) in [5.41, 5.74) is 6.51. The van der Waals surface area contributed by atoms with Crippen LogP contribution in [0.5, 0.6) is 0 Å².